The van der Waals surface area contributed by atoms with Gasteiger partial charge in [-0.1, -0.05) is 57.4 Å². The molecule has 2 aliphatic carbocycles. The second kappa shape index (κ2) is 10.7. The molecule has 1 aliphatic heterocycles. The summed E-state index contributed by atoms with van der Waals surface area (Å²) < 4.78 is 30.4. The van der Waals surface area contributed by atoms with E-state index in [1.165, 1.54) is 30.0 Å². The van der Waals surface area contributed by atoms with Gasteiger partial charge in [0, 0.05) is 30.4 Å². The predicted octanol–water partition coefficient (Wildman–Crippen LogP) is 6.36. The van der Waals surface area contributed by atoms with Crippen LogP contribution in [0.15, 0.2) is 36.4 Å². The van der Waals surface area contributed by atoms with Gasteiger partial charge in [-0.3, -0.25) is 19.9 Å². The van der Waals surface area contributed by atoms with E-state index in [2.05, 4.69) is 24.4 Å². The number of alkyl halides is 2. The Labute approximate surface area is 234 Å². The number of aliphatic hydroxyl groups excluding tert-OH is 1. The van der Waals surface area contributed by atoms with Gasteiger partial charge in [-0.05, 0) is 66.0 Å². The lowest BCUT2D eigenvalue weighted by atomic mass is 9.78. The van der Waals surface area contributed by atoms with Gasteiger partial charge in [0.25, 0.3) is 11.8 Å². The fourth-order valence-corrected chi connectivity index (χ4v) is 6.72. The third-order valence-electron chi connectivity index (χ3n) is 9.28. The third kappa shape index (κ3) is 5.30. The molecule has 6 nitrogen and oxygen atoms in total. The maximum atomic E-state index is 15.2. The van der Waals surface area contributed by atoms with E-state index in [1.54, 1.807) is 0 Å². The molecule has 0 fully saturated rings. The van der Waals surface area contributed by atoms with Gasteiger partial charge in [0.15, 0.2) is 0 Å². The Bertz CT molecular complexity index is 1340. The van der Waals surface area contributed by atoms with Gasteiger partial charge >= 0.3 is 0 Å². The predicted molar refractivity (Wildman–Crippen MR) is 149 cm³/mol. The molecule has 0 spiro atoms. The van der Waals surface area contributed by atoms with Crippen molar-refractivity contribution in [2.24, 2.45) is 5.41 Å². The van der Waals surface area contributed by atoms with Crippen molar-refractivity contribution in [3.05, 3.63) is 69.8 Å². The Morgan fingerprint density at radius 3 is 2.62 bits per heavy atom. The van der Waals surface area contributed by atoms with Crippen molar-refractivity contribution in [1.29, 1.82) is 5.41 Å². The number of amides is 2. The monoisotopic (exact) mass is 551 g/mol. The lowest BCUT2D eigenvalue weighted by Crippen LogP contribution is -2.40. The largest absolute Gasteiger partial charge is 0.390 e. The second-order valence-electron chi connectivity index (χ2n) is 12.2. The highest BCUT2D eigenvalue weighted by atomic mass is 19.3. The minimum absolute atomic E-state index is 0.0845. The van der Waals surface area contributed by atoms with Crippen LogP contribution in [0.4, 0.5) is 8.78 Å². The first kappa shape index (κ1) is 28.4. The molecule has 3 N–H and O–H groups in total. The van der Waals surface area contributed by atoms with Crippen molar-refractivity contribution < 1.29 is 23.5 Å². The zero-order valence-corrected chi connectivity index (χ0v) is 23.5. The van der Waals surface area contributed by atoms with Crippen molar-refractivity contribution in [3.63, 3.8) is 0 Å². The molecule has 0 aromatic heterocycles. The van der Waals surface area contributed by atoms with Crippen LogP contribution in [-0.4, -0.2) is 33.8 Å². The van der Waals surface area contributed by atoms with Gasteiger partial charge < -0.3 is 10.4 Å². The number of carbonyl (C=O) groups excluding carboxylic acids is 2. The first-order valence-corrected chi connectivity index (χ1v) is 14.4. The average molecular weight is 552 g/mol. The molecule has 2 aromatic carbocycles. The van der Waals surface area contributed by atoms with Crippen molar-refractivity contribution >= 4 is 17.6 Å². The summed E-state index contributed by atoms with van der Waals surface area (Å²) >= 11 is 0. The van der Waals surface area contributed by atoms with E-state index in [-0.39, 0.29) is 40.3 Å². The number of rotatable bonds is 1. The van der Waals surface area contributed by atoms with Crippen molar-refractivity contribution in [2.45, 2.75) is 103 Å². The van der Waals surface area contributed by atoms with Crippen LogP contribution in [0.2, 0.25) is 0 Å². The quantitative estimate of drug-likeness (QED) is 0.284. The molecule has 8 heteroatoms. The average Bonchev–Trinajstić information content (AvgIpc) is 3.34. The summed E-state index contributed by atoms with van der Waals surface area (Å²) in [6, 6.07) is 8.63. The Balaban J connectivity index is 1.56. The third-order valence-corrected chi connectivity index (χ3v) is 9.28. The fraction of sp³-hybridized carbons (Fsp3) is 0.531. The van der Waals surface area contributed by atoms with Crippen LogP contribution >= 0.6 is 0 Å². The zero-order chi connectivity index (χ0) is 28.8. The summed E-state index contributed by atoms with van der Waals surface area (Å²) in [6.07, 6.45) is 4.57. The standard InChI is InChI=1S/C32H39F2N3O3/c1-4-31(3)13-7-5-6-8-20-9-10-21-16-27(38)29(23(21)14-20)36-30(40)22-11-12-25-24(15-22)26(17-32(25,33)34)37(19(2)35)28(39)18-31/h9-12,14-15,26-27,29,35,38H,4-8,13,16-18H2,1-3H3,(H,36,40)/t26-,27-,29-,31?/m1/s1. The molecule has 1 unspecified atom stereocenters. The van der Waals surface area contributed by atoms with Crippen LogP contribution in [0.5, 0.6) is 0 Å². The van der Waals surface area contributed by atoms with Crippen LogP contribution in [0.1, 0.15) is 116 Å². The molecule has 0 saturated heterocycles. The summed E-state index contributed by atoms with van der Waals surface area (Å²) in [7, 11) is 0. The number of nitrogens with one attached hydrogen (secondary N) is 2. The molecule has 0 radical (unpaired) electrons. The molecule has 214 valence electrons. The molecule has 2 amide bonds. The number of hydrogen-bond acceptors (Lipinski definition) is 4. The summed E-state index contributed by atoms with van der Waals surface area (Å²) in [5, 5.41) is 22.1. The normalized spacial score (nSPS) is 28.4. The summed E-state index contributed by atoms with van der Waals surface area (Å²) in [6.45, 7) is 5.57. The lowest BCUT2D eigenvalue weighted by molar-refractivity contribution is -0.132. The highest BCUT2D eigenvalue weighted by molar-refractivity contribution is 5.97. The van der Waals surface area contributed by atoms with Crippen molar-refractivity contribution in [1.82, 2.24) is 10.2 Å². The molecule has 2 aromatic rings. The fourth-order valence-electron chi connectivity index (χ4n) is 6.72. The van der Waals surface area contributed by atoms with E-state index in [0.29, 0.717) is 6.42 Å². The van der Waals surface area contributed by atoms with Crippen LogP contribution in [-0.2, 0) is 23.6 Å². The highest BCUT2D eigenvalue weighted by Gasteiger charge is 2.49. The number of fused-ring (bicyclic) bond motifs is 2. The van der Waals surface area contributed by atoms with E-state index in [0.717, 1.165) is 55.2 Å². The summed E-state index contributed by atoms with van der Waals surface area (Å²) in [4.78, 5) is 28.3. The molecular formula is C32H39F2N3O3. The van der Waals surface area contributed by atoms with Gasteiger partial charge in [-0.2, -0.15) is 0 Å². The van der Waals surface area contributed by atoms with Crippen molar-refractivity contribution in [3.8, 4) is 0 Å². The molecule has 4 atom stereocenters. The highest BCUT2D eigenvalue weighted by Crippen LogP contribution is 2.50. The minimum atomic E-state index is -3.19. The molecule has 4 bridgehead atoms. The Morgan fingerprint density at radius 2 is 1.90 bits per heavy atom. The first-order chi connectivity index (χ1) is 18.9. The van der Waals surface area contributed by atoms with E-state index in [4.69, 9.17) is 5.41 Å². The Kier molecular flexibility index (Phi) is 7.59. The van der Waals surface area contributed by atoms with Gasteiger partial charge in [0.1, 0.15) is 0 Å². The van der Waals surface area contributed by atoms with Crippen LogP contribution in [0.3, 0.4) is 0 Å². The summed E-state index contributed by atoms with van der Waals surface area (Å²) in [5.41, 5.74) is 2.90. The molecule has 40 heavy (non-hydrogen) atoms. The van der Waals surface area contributed by atoms with Crippen molar-refractivity contribution in [2.75, 3.05) is 0 Å². The lowest BCUT2D eigenvalue weighted by Gasteiger charge is -2.34. The second-order valence-corrected chi connectivity index (χ2v) is 12.2. The number of amidine groups is 1. The van der Waals surface area contributed by atoms with E-state index in [1.807, 2.05) is 13.0 Å². The zero-order valence-electron chi connectivity index (χ0n) is 23.5. The maximum absolute atomic E-state index is 15.2. The maximum Gasteiger partial charge on any atom is 0.275 e. The van der Waals surface area contributed by atoms with Gasteiger partial charge in [0.2, 0.25) is 5.91 Å². The minimum Gasteiger partial charge on any atom is -0.390 e. The van der Waals surface area contributed by atoms with Crippen LogP contribution < -0.4 is 5.32 Å². The number of halogens is 2. The van der Waals surface area contributed by atoms with E-state index in [9.17, 15) is 14.7 Å². The van der Waals surface area contributed by atoms with E-state index >= 15 is 8.78 Å². The molecule has 0 saturated carbocycles. The Morgan fingerprint density at radius 1 is 1.12 bits per heavy atom. The van der Waals surface area contributed by atoms with Gasteiger partial charge in [0.05, 0.1) is 24.0 Å². The molecule has 3 aliphatic rings. The van der Waals surface area contributed by atoms with Gasteiger partial charge in [-0.25, -0.2) is 8.78 Å². The number of benzene rings is 2. The topological polar surface area (TPSA) is 93.5 Å². The molecule has 1 heterocycles. The van der Waals surface area contributed by atoms with Crippen LogP contribution in [0.25, 0.3) is 0 Å². The smallest absolute Gasteiger partial charge is 0.275 e. The molecular weight excluding hydrogens is 512 g/mol. The number of hydrogen-bond donors (Lipinski definition) is 3. The SMILES string of the molecule is CCC1(C)CCCCCc2ccc3c(c2)[C@@H](NC(=O)c2ccc4c(c2)[C@@H](CC4(F)F)N(C(C)=N)C(=O)C1)[C@H](O)C3. The van der Waals surface area contributed by atoms with E-state index < -0.39 is 36.4 Å². The Hall–Kier alpha value is -3.13. The van der Waals surface area contributed by atoms with Gasteiger partial charge in [-0.15, -0.1) is 0 Å². The number of aryl methyl sites for hydroxylation is 1. The number of nitrogens with zero attached hydrogens (tertiary/aromatic N) is 1. The number of carbonyl (C=O) groups is 2. The molecule has 5 rings (SSSR count). The first-order valence-electron chi connectivity index (χ1n) is 14.4. The van der Waals surface area contributed by atoms with Crippen LogP contribution in [0, 0.1) is 10.8 Å². The summed E-state index contributed by atoms with van der Waals surface area (Å²) in [5.74, 6) is -4.08. The number of aliphatic hydroxyl groups is 1.